The summed E-state index contributed by atoms with van der Waals surface area (Å²) in [5.41, 5.74) is 4.52. The van der Waals surface area contributed by atoms with Crippen molar-refractivity contribution < 1.29 is 28.6 Å². The molecule has 2 amide bonds. The molecule has 252 valence electrons. The first-order chi connectivity index (χ1) is 23.4. The van der Waals surface area contributed by atoms with Gasteiger partial charge in [-0.2, -0.15) is 0 Å². The quantitative estimate of drug-likeness (QED) is 0.0696. The van der Waals surface area contributed by atoms with E-state index in [0.29, 0.717) is 6.42 Å². The van der Waals surface area contributed by atoms with Crippen LogP contribution < -0.4 is 0 Å². The molecule has 0 saturated carbocycles. The van der Waals surface area contributed by atoms with E-state index in [1.807, 2.05) is 85.8 Å². The molecule has 1 N–H and O–H groups in total. The van der Waals surface area contributed by atoms with E-state index in [0.717, 1.165) is 83.4 Å². The van der Waals surface area contributed by atoms with Gasteiger partial charge in [-0.1, -0.05) is 129 Å². The number of ether oxygens (including phenoxy) is 1. The fourth-order valence-corrected chi connectivity index (χ4v) is 6.58. The first-order valence-electron chi connectivity index (χ1n) is 17.3. The molecule has 1 aromatic heterocycles. The summed E-state index contributed by atoms with van der Waals surface area (Å²) in [6.45, 7) is 4.07. The number of furan rings is 1. The van der Waals surface area contributed by atoms with Gasteiger partial charge in [-0.15, -0.1) is 0 Å². The van der Waals surface area contributed by atoms with Gasteiger partial charge in [0, 0.05) is 18.6 Å². The number of unbranched alkanes of at least 4 members (excludes halogenated alkanes) is 7. The summed E-state index contributed by atoms with van der Waals surface area (Å²) >= 11 is 0. The Labute approximate surface area is 283 Å². The van der Waals surface area contributed by atoms with Crippen molar-refractivity contribution in [3.05, 3.63) is 119 Å². The van der Waals surface area contributed by atoms with Crippen molar-refractivity contribution in [3.63, 3.8) is 0 Å². The molecule has 5 rings (SSSR count). The monoisotopic (exact) mass is 649 g/mol. The number of cyclic esters (lactones) is 1. The van der Waals surface area contributed by atoms with Gasteiger partial charge in [0.25, 0.3) is 0 Å². The maximum absolute atomic E-state index is 14.4. The van der Waals surface area contributed by atoms with Crippen LogP contribution >= 0.6 is 0 Å². The topological polar surface area (TPSA) is 97.1 Å². The summed E-state index contributed by atoms with van der Waals surface area (Å²) in [6, 6.07) is 28.0. The van der Waals surface area contributed by atoms with E-state index in [9.17, 15) is 14.4 Å². The van der Waals surface area contributed by atoms with Gasteiger partial charge in [0.1, 0.15) is 17.8 Å². The van der Waals surface area contributed by atoms with Crippen LogP contribution in [0.2, 0.25) is 0 Å². The predicted molar refractivity (Wildman–Crippen MR) is 187 cm³/mol. The lowest BCUT2D eigenvalue weighted by Gasteiger charge is -2.23. The van der Waals surface area contributed by atoms with E-state index in [-0.39, 0.29) is 18.8 Å². The number of amides is 2. The van der Waals surface area contributed by atoms with Crippen LogP contribution in [0.5, 0.6) is 0 Å². The number of hydrogen-bond donors (Lipinski definition) is 1. The van der Waals surface area contributed by atoms with Crippen molar-refractivity contribution in [1.29, 1.82) is 0 Å². The van der Waals surface area contributed by atoms with Gasteiger partial charge in [0.15, 0.2) is 5.76 Å². The fraction of sp³-hybridized carbons (Fsp3) is 0.390. The van der Waals surface area contributed by atoms with Crippen LogP contribution in [0.1, 0.15) is 97.4 Å². The molecule has 7 heteroatoms. The minimum Gasteiger partial charge on any atom is -0.457 e. The normalized spacial score (nSPS) is 16.6. The predicted octanol–water partition coefficient (Wildman–Crippen LogP) is 9.06. The summed E-state index contributed by atoms with van der Waals surface area (Å²) in [7, 11) is 0. The lowest BCUT2D eigenvalue weighted by atomic mass is 9.91. The molecule has 1 aliphatic rings. The third-order valence-electron chi connectivity index (χ3n) is 9.23. The van der Waals surface area contributed by atoms with Crippen molar-refractivity contribution in [3.8, 4) is 11.1 Å². The molecule has 3 atom stereocenters. The second-order valence-electron chi connectivity index (χ2n) is 12.9. The molecule has 3 aromatic carbocycles. The highest BCUT2D eigenvalue weighted by molar-refractivity contribution is 6.12. The van der Waals surface area contributed by atoms with Crippen molar-refractivity contribution in [2.45, 2.75) is 90.2 Å². The molecule has 0 radical (unpaired) electrons. The van der Waals surface area contributed by atoms with E-state index >= 15 is 0 Å². The Hall–Kier alpha value is -4.49. The first kappa shape index (κ1) is 34.8. The number of Topliss-reactive ketones (excluding diaryl/α,β-unsaturated/α-hetero) is 1. The molecule has 0 spiro atoms. The number of imide groups is 1. The van der Waals surface area contributed by atoms with E-state index in [1.165, 1.54) is 6.42 Å². The highest BCUT2D eigenvalue weighted by Gasteiger charge is 2.47. The van der Waals surface area contributed by atoms with Gasteiger partial charge in [0.05, 0.1) is 6.04 Å². The third-order valence-corrected chi connectivity index (χ3v) is 9.23. The number of aliphatic hydroxyl groups excluding tert-OH is 1. The summed E-state index contributed by atoms with van der Waals surface area (Å²) in [6.07, 6.45) is 7.91. The number of carbonyl (C=O) groups excluding carboxylic acids is 3. The standard InChI is InChI=1S/C41H47NO6/c1-29-18-17-23-33(26-29)34-28-37(47-36(34)24-15-7-5-3-4-6-8-16-25-43)38(44)35(27-31-19-11-9-12-20-31)40(45)42-30(2)39(48-41(42)46)32-21-13-10-14-22-32/h9-14,17-23,26,28,30,35,39,43H,3-8,15-16,24-25,27H2,1-2H3/t30-,35-,39-/m0/s1. The minimum absolute atomic E-state index is 0.124. The number of benzene rings is 3. The van der Waals surface area contributed by atoms with Crippen LogP contribution in [-0.2, 0) is 22.4 Å². The maximum atomic E-state index is 14.4. The number of rotatable bonds is 17. The van der Waals surface area contributed by atoms with Crippen molar-refractivity contribution >= 4 is 17.8 Å². The van der Waals surface area contributed by atoms with Crippen LogP contribution in [0.15, 0.2) is 95.4 Å². The van der Waals surface area contributed by atoms with Gasteiger partial charge in [-0.3, -0.25) is 9.59 Å². The van der Waals surface area contributed by atoms with Gasteiger partial charge < -0.3 is 14.3 Å². The molecule has 1 saturated heterocycles. The van der Waals surface area contributed by atoms with Gasteiger partial charge >= 0.3 is 6.09 Å². The van der Waals surface area contributed by atoms with Crippen molar-refractivity contribution in [1.82, 2.24) is 4.90 Å². The van der Waals surface area contributed by atoms with Crippen LogP contribution in [0.25, 0.3) is 11.1 Å². The molecule has 48 heavy (non-hydrogen) atoms. The molecular weight excluding hydrogens is 602 g/mol. The largest absolute Gasteiger partial charge is 0.457 e. The van der Waals surface area contributed by atoms with Crippen molar-refractivity contribution in [2.24, 2.45) is 5.92 Å². The summed E-state index contributed by atoms with van der Waals surface area (Å²) < 4.78 is 12.0. The number of carbonyl (C=O) groups is 3. The summed E-state index contributed by atoms with van der Waals surface area (Å²) in [5, 5.41) is 8.98. The number of aliphatic hydroxyl groups is 1. The number of nitrogens with zero attached hydrogens (tertiary/aromatic N) is 1. The Balaban J connectivity index is 1.39. The van der Waals surface area contributed by atoms with E-state index in [1.54, 1.807) is 13.0 Å². The van der Waals surface area contributed by atoms with Crippen LogP contribution in [0, 0.1) is 12.8 Å². The number of ketones is 1. The fourth-order valence-electron chi connectivity index (χ4n) is 6.58. The zero-order valence-corrected chi connectivity index (χ0v) is 28.1. The molecule has 7 nitrogen and oxygen atoms in total. The maximum Gasteiger partial charge on any atom is 0.417 e. The Kier molecular flexibility index (Phi) is 12.4. The lowest BCUT2D eigenvalue weighted by molar-refractivity contribution is -0.131. The summed E-state index contributed by atoms with van der Waals surface area (Å²) in [5.74, 6) is -1.36. The Morgan fingerprint density at radius 2 is 1.46 bits per heavy atom. The highest BCUT2D eigenvalue weighted by Crippen LogP contribution is 2.36. The second kappa shape index (κ2) is 17.1. The van der Waals surface area contributed by atoms with Gasteiger partial charge in [-0.05, 0) is 55.9 Å². The zero-order chi connectivity index (χ0) is 33.9. The highest BCUT2D eigenvalue weighted by atomic mass is 16.6. The van der Waals surface area contributed by atoms with E-state index in [2.05, 4.69) is 6.07 Å². The van der Waals surface area contributed by atoms with Crippen LogP contribution in [0.4, 0.5) is 4.79 Å². The smallest absolute Gasteiger partial charge is 0.417 e. The molecule has 0 aliphatic carbocycles. The molecular formula is C41H47NO6. The Morgan fingerprint density at radius 1 is 0.812 bits per heavy atom. The van der Waals surface area contributed by atoms with Crippen LogP contribution in [0.3, 0.4) is 0 Å². The molecule has 1 fully saturated rings. The zero-order valence-electron chi connectivity index (χ0n) is 28.1. The third kappa shape index (κ3) is 8.70. The molecule has 1 aliphatic heterocycles. The average molecular weight is 650 g/mol. The van der Waals surface area contributed by atoms with Gasteiger partial charge in [-0.25, -0.2) is 9.69 Å². The number of hydrogen-bond acceptors (Lipinski definition) is 6. The molecule has 0 bridgehead atoms. The molecule has 0 unspecified atom stereocenters. The minimum atomic E-state index is -1.17. The van der Waals surface area contributed by atoms with E-state index in [4.69, 9.17) is 14.3 Å². The average Bonchev–Trinajstić information content (AvgIpc) is 3.66. The SMILES string of the molecule is Cc1cccc(-c2cc(C(=O)[C@H](Cc3ccccc3)C(=O)N3C(=O)O[C@H](c4ccccc4)[C@@H]3C)oc2CCCCCCCCCCO)c1. The van der Waals surface area contributed by atoms with E-state index < -0.39 is 35.8 Å². The molecule has 2 heterocycles. The molecule has 4 aromatic rings. The van der Waals surface area contributed by atoms with Gasteiger partial charge in [0.2, 0.25) is 11.7 Å². The Bertz CT molecular complexity index is 1650. The van der Waals surface area contributed by atoms with Crippen LogP contribution in [-0.4, -0.2) is 40.4 Å². The lowest BCUT2D eigenvalue weighted by Crippen LogP contribution is -2.44. The second-order valence-corrected chi connectivity index (χ2v) is 12.9. The first-order valence-corrected chi connectivity index (χ1v) is 17.3. The van der Waals surface area contributed by atoms with Crippen molar-refractivity contribution in [2.75, 3.05) is 6.61 Å². The summed E-state index contributed by atoms with van der Waals surface area (Å²) in [4.78, 5) is 43.0. The number of aryl methyl sites for hydroxylation is 2. The Morgan fingerprint density at radius 3 is 2.12 bits per heavy atom.